The summed E-state index contributed by atoms with van der Waals surface area (Å²) in [7, 11) is 0. The molecule has 128 valence electrons. The molecular formula is C18H18FN5O. The minimum absolute atomic E-state index is 0.112. The Labute approximate surface area is 144 Å². The quantitative estimate of drug-likeness (QED) is 0.775. The number of benzene rings is 2. The summed E-state index contributed by atoms with van der Waals surface area (Å²) in [5, 5.41) is 14.6. The highest BCUT2D eigenvalue weighted by molar-refractivity contribution is 5.95. The number of tetrazole rings is 1. The van der Waals surface area contributed by atoms with Gasteiger partial charge < -0.3 is 5.32 Å². The zero-order valence-electron chi connectivity index (χ0n) is 14.0. The number of halogens is 1. The maximum Gasteiger partial charge on any atom is 0.251 e. The third-order valence-electron chi connectivity index (χ3n) is 3.73. The van der Waals surface area contributed by atoms with E-state index in [0.29, 0.717) is 17.9 Å². The first kappa shape index (κ1) is 16.8. The van der Waals surface area contributed by atoms with Gasteiger partial charge in [0.1, 0.15) is 5.82 Å². The van der Waals surface area contributed by atoms with Gasteiger partial charge in [0.05, 0.1) is 6.04 Å². The number of nitrogens with one attached hydrogen (secondary N) is 1. The lowest BCUT2D eigenvalue weighted by Crippen LogP contribution is -2.22. The molecule has 0 radical (unpaired) electrons. The molecule has 2 aromatic carbocycles. The van der Waals surface area contributed by atoms with E-state index >= 15 is 0 Å². The number of aromatic nitrogens is 4. The summed E-state index contributed by atoms with van der Waals surface area (Å²) in [5.74, 6) is 0.101. The van der Waals surface area contributed by atoms with E-state index in [1.807, 2.05) is 19.9 Å². The maximum atomic E-state index is 12.9. The summed E-state index contributed by atoms with van der Waals surface area (Å²) in [6, 6.07) is 13.3. The molecule has 0 unspecified atom stereocenters. The molecule has 6 nitrogen and oxygen atoms in total. The van der Waals surface area contributed by atoms with Gasteiger partial charge in [0.2, 0.25) is 0 Å². The first-order valence-electron chi connectivity index (χ1n) is 7.95. The highest BCUT2D eigenvalue weighted by atomic mass is 19.1. The number of rotatable bonds is 5. The lowest BCUT2D eigenvalue weighted by Gasteiger charge is -2.09. The Balaban J connectivity index is 1.75. The summed E-state index contributed by atoms with van der Waals surface area (Å²) in [4.78, 5) is 12.4. The van der Waals surface area contributed by atoms with Crippen LogP contribution in [0, 0.1) is 5.82 Å². The zero-order valence-corrected chi connectivity index (χ0v) is 14.0. The Morgan fingerprint density at radius 2 is 1.96 bits per heavy atom. The molecule has 0 atom stereocenters. The molecule has 1 heterocycles. The number of hydrogen-bond donors (Lipinski definition) is 1. The van der Waals surface area contributed by atoms with E-state index in [4.69, 9.17) is 0 Å². The van der Waals surface area contributed by atoms with Crippen LogP contribution in [0.2, 0.25) is 0 Å². The van der Waals surface area contributed by atoms with E-state index in [-0.39, 0.29) is 17.8 Å². The third kappa shape index (κ3) is 3.88. The van der Waals surface area contributed by atoms with Gasteiger partial charge in [0.15, 0.2) is 5.82 Å². The fourth-order valence-electron chi connectivity index (χ4n) is 2.42. The van der Waals surface area contributed by atoms with Crippen LogP contribution in [-0.2, 0) is 6.54 Å². The molecule has 1 aromatic heterocycles. The largest absolute Gasteiger partial charge is 0.348 e. The summed E-state index contributed by atoms with van der Waals surface area (Å²) < 4.78 is 14.6. The van der Waals surface area contributed by atoms with Gasteiger partial charge in [0, 0.05) is 17.7 Å². The van der Waals surface area contributed by atoms with Crippen LogP contribution in [0.25, 0.3) is 11.4 Å². The van der Waals surface area contributed by atoms with E-state index in [1.165, 1.54) is 12.1 Å². The van der Waals surface area contributed by atoms with Gasteiger partial charge in [-0.3, -0.25) is 4.79 Å². The van der Waals surface area contributed by atoms with Crippen molar-refractivity contribution in [2.75, 3.05) is 0 Å². The summed E-state index contributed by atoms with van der Waals surface area (Å²) in [5.41, 5.74) is 2.11. The van der Waals surface area contributed by atoms with Crippen LogP contribution in [-0.4, -0.2) is 26.1 Å². The van der Waals surface area contributed by atoms with E-state index in [1.54, 1.807) is 35.0 Å². The van der Waals surface area contributed by atoms with Crippen molar-refractivity contribution in [1.82, 2.24) is 25.5 Å². The molecule has 0 aliphatic carbocycles. The van der Waals surface area contributed by atoms with Crippen LogP contribution in [0.3, 0.4) is 0 Å². The Bertz CT molecular complexity index is 873. The van der Waals surface area contributed by atoms with E-state index in [9.17, 15) is 9.18 Å². The zero-order chi connectivity index (χ0) is 17.8. The molecule has 25 heavy (non-hydrogen) atoms. The van der Waals surface area contributed by atoms with Crippen molar-refractivity contribution >= 4 is 5.91 Å². The Kier molecular flexibility index (Phi) is 4.83. The molecule has 0 aliphatic rings. The Hall–Kier alpha value is -3.09. The lowest BCUT2D eigenvalue weighted by atomic mass is 10.1. The van der Waals surface area contributed by atoms with Crippen LogP contribution in [0.15, 0.2) is 48.5 Å². The van der Waals surface area contributed by atoms with Crippen LogP contribution < -0.4 is 5.32 Å². The van der Waals surface area contributed by atoms with Crippen LogP contribution in [0.1, 0.15) is 35.8 Å². The number of carbonyl (C=O) groups is 1. The molecule has 1 amide bonds. The smallest absolute Gasteiger partial charge is 0.251 e. The Morgan fingerprint density at radius 3 is 2.68 bits per heavy atom. The predicted molar refractivity (Wildman–Crippen MR) is 91.2 cm³/mol. The highest BCUT2D eigenvalue weighted by Gasteiger charge is 2.13. The van der Waals surface area contributed by atoms with Gasteiger partial charge in [-0.2, -0.15) is 0 Å². The first-order valence-corrected chi connectivity index (χ1v) is 7.95. The fourth-order valence-corrected chi connectivity index (χ4v) is 2.42. The monoisotopic (exact) mass is 339 g/mol. The topological polar surface area (TPSA) is 72.7 Å². The summed E-state index contributed by atoms with van der Waals surface area (Å²) in [6.45, 7) is 4.30. The lowest BCUT2D eigenvalue weighted by molar-refractivity contribution is 0.0951. The molecule has 0 saturated carbocycles. The van der Waals surface area contributed by atoms with Gasteiger partial charge >= 0.3 is 0 Å². The molecule has 0 saturated heterocycles. The molecule has 0 fully saturated rings. The van der Waals surface area contributed by atoms with Crippen molar-refractivity contribution in [2.24, 2.45) is 0 Å². The molecule has 3 aromatic rings. The molecule has 7 heteroatoms. The van der Waals surface area contributed by atoms with Crippen molar-refractivity contribution in [1.29, 1.82) is 0 Å². The normalized spacial score (nSPS) is 10.9. The summed E-state index contributed by atoms with van der Waals surface area (Å²) in [6.07, 6.45) is 0. The second-order valence-corrected chi connectivity index (χ2v) is 5.93. The molecule has 1 N–H and O–H groups in total. The number of nitrogens with zero attached hydrogens (tertiary/aromatic N) is 4. The maximum absolute atomic E-state index is 12.9. The van der Waals surface area contributed by atoms with Gasteiger partial charge in [-0.25, -0.2) is 9.07 Å². The molecular weight excluding hydrogens is 321 g/mol. The van der Waals surface area contributed by atoms with Crippen molar-refractivity contribution < 1.29 is 9.18 Å². The van der Waals surface area contributed by atoms with Crippen LogP contribution >= 0.6 is 0 Å². The minimum atomic E-state index is -0.300. The number of carbonyl (C=O) groups excluding carboxylic acids is 1. The van der Waals surface area contributed by atoms with Gasteiger partial charge in [0.25, 0.3) is 5.91 Å². The standard InChI is InChI=1S/C18H18FN5O/c1-12(2)24-17(21-22-23-24)14-4-3-5-15(10-14)18(25)20-11-13-6-8-16(19)9-7-13/h3-10,12H,11H2,1-2H3,(H,20,25). The molecule has 3 rings (SSSR count). The van der Waals surface area contributed by atoms with Gasteiger partial charge in [-0.1, -0.05) is 24.3 Å². The second kappa shape index (κ2) is 7.21. The van der Waals surface area contributed by atoms with Crippen molar-refractivity contribution in [3.05, 3.63) is 65.5 Å². The number of hydrogen-bond acceptors (Lipinski definition) is 4. The number of amides is 1. The van der Waals surface area contributed by atoms with Crippen molar-refractivity contribution in [3.8, 4) is 11.4 Å². The molecule has 0 spiro atoms. The van der Waals surface area contributed by atoms with Gasteiger partial charge in [-0.05, 0) is 54.1 Å². The third-order valence-corrected chi connectivity index (χ3v) is 3.73. The van der Waals surface area contributed by atoms with Crippen molar-refractivity contribution in [2.45, 2.75) is 26.4 Å². The highest BCUT2D eigenvalue weighted by Crippen LogP contribution is 2.20. The average molecular weight is 339 g/mol. The predicted octanol–water partition coefficient (Wildman–Crippen LogP) is 2.99. The first-order chi connectivity index (χ1) is 12.0. The molecule has 0 bridgehead atoms. The second-order valence-electron chi connectivity index (χ2n) is 5.93. The summed E-state index contributed by atoms with van der Waals surface area (Å²) >= 11 is 0. The van der Waals surface area contributed by atoms with Gasteiger partial charge in [-0.15, -0.1) is 5.10 Å². The van der Waals surface area contributed by atoms with Crippen LogP contribution in [0.5, 0.6) is 0 Å². The van der Waals surface area contributed by atoms with E-state index < -0.39 is 0 Å². The van der Waals surface area contributed by atoms with Crippen LogP contribution in [0.4, 0.5) is 4.39 Å². The van der Waals surface area contributed by atoms with E-state index in [2.05, 4.69) is 20.8 Å². The Morgan fingerprint density at radius 1 is 1.20 bits per heavy atom. The molecule has 0 aliphatic heterocycles. The van der Waals surface area contributed by atoms with Crippen molar-refractivity contribution in [3.63, 3.8) is 0 Å². The fraction of sp³-hybridized carbons (Fsp3) is 0.222. The average Bonchev–Trinajstić information content (AvgIpc) is 3.11. The minimum Gasteiger partial charge on any atom is -0.348 e. The SMILES string of the molecule is CC(C)n1nnnc1-c1cccc(C(=O)NCc2ccc(F)cc2)c1. The van der Waals surface area contributed by atoms with E-state index in [0.717, 1.165) is 11.1 Å².